The Labute approximate surface area is 196 Å². The van der Waals surface area contributed by atoms with Gasteiger partial charge in [-0.15, -0.1) is 0 Å². The second-order valence-corrected chi connectivity index (χ2v) is 9.94. The van der Waals surface area contributed by atoms with Crippen molar-refractivity contribution in [3.63, 3.8) is 0 Å². The SMILES string of the molecule is O=C(OC(C(F)(F)F)C(F)(F)F)N1CCC2(CC1)C[C@@H]2C(=O)N1CCc2nc(C3CC3)ncc2C1. The number of rotatable bonds is 3. The summed E-state index contributed by atoms with van der Waals surface area (Å²) in [7, 11) is 0. The van der Waals surface area contributed by atoms with E-state index >= 15 is 0 Å². The molecule has 0 unspecified atom stereocenters. The summed E-state index contributed by atoms with van der Waals surface area (Å²) in [5.41, 5.74) is 1.51. The number of hydrogen-bond acceptors (Lipinski definition) is 5. The highest BCUT2D eigenvalue weighted by atomic mass is 19.4. The summed E-state index contributed by atoms with van der Waals surface area (Å²) in [4.78, 5) is 36.8. The number of ether oxygens (including phenoxy) is 1. The van der Waals surface area contributed by atoms with Crippen LogP contribution in [0.2, 0.25) is 0 Å². The van der Waals surface area contributed by atoms with Gasteiger partial charge in [-0.05, 0) is 37.5 Å². The minimum absolute atomic E-state index is 0.0212. The predicted octanol–water partition coefficient (Wildman–Crippen LogP) is 3.97. The van der Waals surface area contributed by atoms with Crippen molar-refractivity contribution in [3.8, 4) is 0 Å². The minimum Gasteiger partial charge on any atom is -0.426 e. The number of alkyl halides is 6. The highest BCUT2D eigenvalue weighted by molar-refractivity contribution is 5.83. The lowest BCUT2D eigenvalue weighted by atomic mass is 9.90. The van der Waals surface area contributed by atoms with Gasteiger partial charge in [-0.2, -0.15) is 26.3 Å². The first-order valence-corrected chi connectivity index (χ1v) is 11.6. The van der Waals surface area contributed by atoms with Gasteiger partial charge >= 0.3 is 18.4 Å². The molecule has 13 heteroatoms. The number of carbonyl (C=O) groups is 2. The first-order valence-electron chi connectivity index (χ1n) is 11.6. The molecule has 4 aliphatic rings. The third kappa shape index (κ3) is 4.77. The molecule has 0 radical (unpaired) electrons. The summed E-state index contributed by atoms with van der Waals surface area (Å²) in [6.07, 6.45) is -11.5. The van der Waals surface area contributed by atoms with Crippen LogP contribution in [-0.2, 0) is 22.5 Å². The number of likely N-dealkylation sites (tertiary alicyclic amines) is 1. The molecule has 1 saturated heterocycles. The maximum absolute atomic E-state index is 13.1. The van der Waals surface area contributed by atoms with Crippen LogP contribution >= 0.6 is 0 Å². The zero-order valence-electron chi connectivity index (χ0n) is 18.7. The van der Waals surface area contributed by atoms with Crippen molar-refractivity contribution in [1.29, 1.82) is 0 Å². The molecule has 0 N–H and O–H groups in total. The van der Waals surface area contributed by atoms with Gasteiger partial charge in [0, 0.05) is 56.2 Å². The molecule has 2 saturated carbocycles. The Balaban J connectivity index is 1.15. The molecule has 5 rings (SSSR count). The molecule has 1 spiro atoms. The van der Waals surface area contributed by atoms with E-state index in [4.69, 9.17) is 0 Å². The molecule has 35 heavy (non-hydrogen) atoms. The van der Waals surface area contributed by atoms with Gasteiger partial charge in [-0.1, -0.05) is 0 Å². The second-order valence-electron chi connectivity index (χ2n) is 9.94. The Morgan fingerprint density at radius 2 is 1.69 bits per heavy atom. The van der Waals surface area contributed by atoms with Gasteiger partial charge < -0.3 is 14.5 Å². The number of hydrogen-bond donors (Lipinski definition) is 0. The minimum atomic E-state index is -5.75. The van der Waals surface area contributed by atoms with E-state index in [1.54, 1.807) is 11.1 Å². The summed E-state index contributed by atoms with van der Waals surface area (Å²) in [5, 5.41) is 0. The van der Waals surface area contributed by atoms with Crippen molar-refractivity contribution < 1.29 is 40.7 Å². The number of aromatic nitrogens is 2. The van der Waals surface area contributed by atoms with E-state index in [-0.39, 0.29) is 30.3 Å². The standard InChI is InChI=1S/C22H24F6N4O3/c23-21(24,25)18(22(26,27)28)35-19(34)31-7-4-20(5-8-31)9-14(20)17(33)32-6-3-15-13(11-32)10-29-16(30-15)12-1-2-12/h10,12,14,18H,1-9,11H2/t14-/m1/s1. The normalized spacial score (nSPS) is 23.9. The van der Waals surface area contributed by atoms with Crippen LogP contribution in [0.5, 0.6) is 0 Å². The maximum Gasteiger partial charge on any atom is 0.434 e. The molecule has 3 fully saturated rings. The molecular weight excluding hydrogens is 482 g/mol. The molecule has 0 bridgehead atoms. The number of nitrogens with zero attached hydrogens (tertiary/aromatic N) is 4. The molecule has 2 aliphatic heterocycles. The zero-order chi connectivity index (χ0) is 25.2. The van der Waals surface area contributed by atoms with Crippen LogP contribution in [0.3, 0.4) is 0 Å². The van der Waals surface area contributed by atoms with E-state index in [2.05, 4.69) is 14.7 Å². The van der Waals surface area contributed by atoms with Crippen molar-refractivity contribution in [2.45, 2.75) is 69.4 Å². The number of fused-ring (bicyclic) bond motifs is 1. The topological polar surface area (TPSA) is 75.6 Å². The first kappa shape index (κ1) is 24.1. The Bertz CT molecular complexity index is 1000. The molecule has 3 heterocycles. The molecule has 1 aromatic heterocycles. The number of amides is 2. The van der Waals surface area contributed by atoms with E-state index in [9.17, 15) is 35.9 Å². The third-order valence-corrected chi connectivity index (χ3v) is 7.53. The van der Waals surface area contributed by atoms with Crippen molar-refractivity contribution in [1.82, 2.24) is 19.8 Å². The van der Waals surface area contributed by atoms with Gasteiger partial charge in [0.2, 0.25) is 5.91 Å². The van der Waals surface area contributed by atoms with E-state index < -0.39 is 24.5 Å². The van der Waals surface area contributed by atoms with Crippen LogP contribution in [-0.4, -0.2) is 69.9 Å². The van der Waals surface area contributed by atoms with Crippen molar-refractivity contribution in [2.75, 3.05) is 19.6 Å². The second kappa shape index (κ2) is 8.22. The number of carbonyl (C=O) groups excluding carboxylic acids is 2. The largest absolute Gasteiger partial charge is 0.434 e. The van der Waals surface area contributed by atoms with Crippen molar-refractivity contribution in [3.05, 3.63) is 23.3 Å². The van der Waals surface area contributed by atoms with E-state index in [1.807, 2.05) is 0 Å². The number of piperidine rings is 1. The molecule has 2 amide bonds. The Morgan fingerprint density at radius 3 is 2.29 bits per heavy atom. The fourth-order valence-electron chi connectivity index (χ4n) is 5.16. The van der Waals surface area contributed by atoms with Gasteiger partial charge in [-0.25, -0.2) is 14.8 Å². The fraction of sp³-hybridized carbons (Fsp3) is 0.727. The Morgan fingerprint density at radius 1 is 1.03 bits per heavy atom. The lowest BCUT2D eigenvalue weighted by Gasteiger charge is -2.34. The van der Waals surface area contributed by atoms with Gasteiger partial charge in [0.25, 0.3) is 6.10 Å². The van der Waals surface area contributed by atoms with Crippen LogP contribution < -0.4 is 0 Å². The highest BCUT2D eigenvalue weighted by Gasteiger charge is 2.62. The predicted molar refractivity (Wildman–Crippen MR) is 107 cm³/mol. The summed E-state index contributed by atoms with van der Waals surface area (Å²) < 4.78 is 79.9. The summed E-state index contributed by atoms with van der Waals surface area (Å²) in [5.74, 6) is 1.02. The molecule has 192 valence electrons. The van der Waals surface area contributed by atoms with Gasteiger partial charge in [0.05, 0.1) is 5.69 Å². The number of halogens is 6. The average molecular weight is 506 g/mol. The van der Waals surface area contributed by atoms with Crippen molar-refractivity contribution >= 4 is 12.0 Å². The molecule has 0 aromatic carbocycles. The van der Waals surface area contributed by atoms with Crippen LogP contribution in [0, 0.1) is 11.3 Å². The van der Waals surface area contributed by atoms with Crippen LogP contribution in [0.1, 0.15) is 55.1 Å². The zero-order valence-corrected chi connectivity index (χ0v) is 18.7. The Hall–Kier alpha value is -2.60. The van der Waals surface area contributed by atoms with Crippen LogP contribution in [0.4, 0.5) is 31.1 Å². The lowest BCUT2D eigenvalue weighted by Crippen LogP contribution is -2.49. The lowest BCUT2D eigenvalue weighted by molar-refractivity contribution is -0.308. The van der Waals surface area contributed by atoms with Gasteiger partial charge in [-0.3, -0.25) is 4.79 Å². The molecule has 7 nitrogen and oxygen atoms in total. The van der Waals surface area contributed by atoms with E-state index in [1.165, 1.54) is 0 Å². The van der Waals surface area contributed by atoms with E-state index in [0.717, 1.165) is 34.8 Å². The average Bonchev–Trinajstić information content (AvgIpc) is 3.72. The van der Waals surface area contributed by atoms with Crippen LogP contribution in [0.15, 0.2) is 6.20 Å². The highest BCUT2D eigenvalue weighted by Crippen LogP contribution is 2.60. The van der Waals surface area contributed by atoms with E-state index in [0.29, 0.717) is 44.7 Å². The van der Waals surface area contributed by atoms with Gasteiger partial charge in [0.15, 0.2) is 0 Å². The van der Waals surface area contributed by atoms with Crippen LogP contribution in [0.25, 0.3) is 0 Å². The molecular formula is C22H24F6N4O3. The third-order valence-electron chi connectivity index (χ3n) is 7.53. The smallest absolute Gasteiger partial charge is 0.426 e. The van der Waals surface area contributed by atoms with Crippen molar-refractivity contribution in [2.24, 2.45) is 11.3 Å². The summed E-state index contributed by atoms with van der Waals surface area (Å²) >= 11 is 0. The fourth-order valence-corrected chi connectivity index (χ4v) is 5.16. The first-order chi connectivity index (χ1) is 16.4. The molecule has 1 aromatic rings. The molecule has 2 aliphatic carbocycles. The summed E-state index contributed by atoms with van der Waals surface area (Å²) in [6.45, 7) is 0.825. The quantitative estimate of drug-likeness (QED) is 0.580. The Kier molecular flexibility index (Phi) is 5.67. The monoisotopic (exact) mass is 506 g/mol. The summed E-state index contributed by atoms with van der Waals surface area (Å²) in [6, 6.07) is 0. The van der Waals surface area contributed by atoms with Gasteiger partial charge in [0.1, 0.15) is 5.82 Å². The molecule has 1 atom stereocenters. The maximum atomic E-state index is 13.1.